The van der Waals surface area contributed by atoms with Gasteiger partial charge in [-0.15, -0.1) is 0 Å². The Labute approximate surface area is 134 Å². The van der Waals surface area contributed by atoms with Crippen molar-refractivity contribution in [1.82, 2.24) is 14.7 Å². The largest absolute Gasteiger partial charge is 0.390 e. The summed E-state index contributed by atoms with van der Waals surface area (Å²) in [4.78, 5) is 2.47. The standard InChI is InChI=1S/C15H24BrN3O2/c1-3-11-15(16)12(18(2)17-11)7-13(20)14-8-19-6-4-5-10(19)9-21-14/h10,13-14,20H,3-9H2,1-2H3. The molecular weight excluding hydrogens is 334 g/mol. The maximum Gasteiger partial charge on any atom is 0.0965 e. The molecule has 0 radical (unpaired) electrons. The molecule has 118 valence electrons. The number of morpholine rings is 1. The van der Waals surface area contributed by atoms with Gasteiger partial charge < -0.3 is 9.84 Å². The van der Waals surface area contributed by atoms with Crippen LogP contribution in [0.5, 0.6) is 0 Å². The summed E-state index contributed by atoms with van der Waals surface area (Å²) in [7, 11) is 1.93. The Balaban J connectivity index is 1.66. The van der Waals surface area contributed by atoms with Crippen LogP contribution in [0.4, 0.5) is 0 Å². The third kappa shape index (κ3) is 3.04. The second-order valence-corrected chi connectivity index (χ2v) is 6.91. The van der Waals surface area contributed by atoms with E-state index in [1.165, 1.54) is 12.8 Å². The van der Waals surface area contributed by atoms with E-state index >= 15 is 0 Å². The second-order valence-electron chi connectivity index (χ2n) is 6.12. The molecule has 3 unspecified atom stereocenters. The summed E-state index contributed by atoms with van der Waals surface area (Å²) in [6, 6.07) is 0.573. The highest BCUT2D eigenvalue weighted by atomic mass is 79.9. The molecule has 6 heteroatoms. The molecular formula is C15H24BrN3O2. The van der Waals surface area contributed by atoms with Gasteiger partial charge in [0.1, 0.15) is 0 Å². The van der Waals surface area contributed by atoms with Crippen molar-refractivity contribution in [3.05, 3.63) is 15.9 Å². The summed E-state index contributed by atoms with van der Waals surface area (Å²) < 4.78 is 8.80. The Morgan fingerprint density at radius 3 is 3.05 bits per heavy atom. The molecule has 0 aliphatic carbocycles. The molecule has 0 aromatic carbocycles. The highest BCUT2D eigenvalue weighted by Crippen LogP contribution is 2.27. The van der Waals surface area contributed by atoms with Gasteiger partial charge in [-0.25, -0.2) is 0 Å². The van der Waals surface area contributed by atoms with Gasteiger partial charge in [-0.3, -0.25) is 9.58 Å². The number of hydrogen-bond donors (Lipinski definition) is 1. The van der Waals surface area contributed by atoms with Gasteiger partial charge in [-0.05, 0) is 41.7 Å². The quantitative estimate of drug-likeness (QED) is 0.887. The van der Waals surface area contributed by atoms with E-state index < -0.39 is 6.10 Å². The van der Waals surface area contributed by atoms with Gasteiger partial charge in [0.2, 0.25) is 0 Å². The average Bonchev–Trinajstić information content (AvgIpc) is 3.05. The first-order valence-electron chi connectivity index (χ1n) is 7.84. The van der Waals surface area contributed by atoms with Crippen molar-refractivity contribution >= 4 is 15.9 Å². The third-order valence-corrected chi connectivity index (χ3v) is 5.67. The van der Waals surface area contributed by atoms with Gasteiger partial charge in [0.15, 0.2) is 0 Å². The topological polar surface area (TPSA) is 50.5 Å². The first kappa shape index (κ1) is 15.5. The van der Waals surface area contributed by atoms with Crippen molar-refractivity contribution in [2.75, 3.05) is 19.7 Å². The normalized spacial score (nSPS) is 27.8. The fourth-order valence-corrected chi connectivity index (χ4v) is 4.22. The van der Waals surface area contributed by atoms with Crippen LogP contribution in [0.1, 0.15) is 31.2 Å². The van der Waals surface area contributed by atoms with E-state index in [2.05, 4.69) is 32.9 Å². The van der Waals surface area contributed by atoms with E-state index in [0.29, 0.717) is 12.5 Å². The van der Waals surface area contributed by atoms with E-state index in [-0.39, 0.29) is 6.10 Å². The summed E-state index contributed by atoms with van der Waals surface area (Å²) in [6.07, 6.45) is 3.38. The molecule has 2 aliphatic heterocycles. The van der Waals surface area contributed by atoms with Gasteiger partial charge in [0, 0.05) is 26.1 Å². The zero-order valence-electron chi connectivity index (χ0n) is 12.8. The number of fused-ring (bicyclic) bond motifs is 1. The molecule has 0 spiro atoms. The zero-order valence-corrected chi connectivity index (χ0v) is 14.3. The number of ether oxygens (including phenoxy) is 1. The molecule has 1 N–H and O–H groups in total. The number of halogens is 1. The van der Waals surface area contributed by atoms with Crippen molar-refractivity contribution in [3.8, 4) is 0 Å². The van der Waals surface area contributed by atoms with Crippen LogP contribution < -0.4 is 0 Å². The summed E-state index contributed by atoms with van der Waals surface area (Å²) in [5.74, 6) is 0. The van der Waals surface area contributed by atoms with Crippen LogP contribution in [0, 0.1) is 0 Å². The lowest BCUT2D eigenvalue weighted by Gasteiger charge is -2.37. The maximum absolute atomic E-state index is 10.6. The lowest BCUT2D eigenvalue weighted by molar-refractivity contribution is -0.102. The van der Waals surface area contributed by atoms with E-state index in [0.717, 1.165) is 42.0 Å². The molecule has 3 atom stereocenters. The molecule has 1 aromatic heterocycles. The SMILES string of the molecule is CCc1nn(C)c(CC(O)C2CN3CCCC3CO2)c1Br. The van der Waals surface area contributed by atoms with Crippen molar-refractivity contribution in [3.63, 3.8) is 0 Å². The van der Waals surface area contributed by atoms with Crippen LogP contribution in [0.3, 0.4) is 0 Å². The molecule has 2 fully saturated rings. The Kier molecular flexibility index (Phi) is 4.69. The number of aryl methyl sites for hydroxylation is 2. The number of hydrogen-bond acceptors (Lipinski definition) is 4. The van der Waals surface area contributed by atoms with E-state index in [9.17, 15) is 5.11 Å². The number of aliphatic hydroxyl groups excluding tert-OH is 1. The molecule has 0 bridgehead atoms. The van der Waals surface area contributed by atoms with E-state index in [1.54, 1.807) is 0 Å². The van der Waals surface area contributed by atoms with Crippen molar-refractivity contribution in [2.24, 2.45) is 7.05 Å². The third-order valence-electron chi connectivity index (χ3n) is 4.75. The zero-order chi connectivity index (χ0) is 15.0. The van der Waals surface area contributed by atoms with Gasteiger partial charge >= 0.3 is 0 Å². The first-order valence-corrected chi connectivity index (χ1v) is 8.63. The second kappa shape index (κ2) is 6.36. The first-order chi connectivity index (χ1) is 10.1. The van der Waals surface area contributed by atoms with Crippen molar-refractivity contribution in [2.45, 2.75) is 50.9 Å². The number of rotatable bonds is 4. The fraction of sp³-hybridized carbons (Fsp3) is 0.800. The van der Waals surface area contributed by atoms with Crippen LogP contribution in [0.2, 0.25) is 0 Å². The minimum atomic E-state index is -0.483. The Morgan fingerprint density at radius 1 is 1.52 bits per heavy atom. The predicted molar refractivity (Wildman–Crippen MR) is 84.3 cm³/mol. The fourth-order valence-electron chi connectivity index (χ4n) is 3.45. The lowest BCUT2D eigenvalue weighted by atomic mass is 10.0. The summed E-state index contributed by atoms with van der Waals surface area (Å²) in [5, 5.41) is 15.1. The Bertz CT molecular complexity index is 505. The maximum atomic E-state index is 10.6. The van der Waals surface area contributed by atoms with E-state index in [4.69, 9.17) is 4.74 Å². The Morgan fingerprint density at radius 2 is 2.33 bits per heavy atom. The minimum Gasteiger partial charge on any atom is -0.390 e. The summed E-state index contributed by atoms with van der Waals surface area (Å²) >= 11 is 3.61. The van der Waals surface area contributed by atoms with Crippen molar-refractivity contribution < 1.29 is 9.84 Å². The number of nitrogens with zero attached hydrogens (tertiary/aromatic N) is 3. The molecule has 0 saturated carbocycles. The van der Waals surface area contributed by atoms with Crippen molar-refractivity contribution in [1.29, 1.82) is 0 Å². The van der Waals surface area contributed by atoms with Gasteiger partial charge in [-0.1, -0.05) is 6.92 Å². The molecule has 2 saturated heterocycles. The van der Waals surface area contributed by atoms with Gasteiger partial charge in [-0.2, -0.15) is 5.10 Å². The minimum absolute atomic E-state index is 0.0915. The lowest BCUT2D eigenvalue weighted by Crippen LogP contribution is -2.50. The number of aliphatic hydroxyl groups is 1. The highest BCUT2D eigenvalue weighted by molar-refractivity contribution is 9.10. The van der Waals surface area contributed by atoms with Crippen LogP contribution in [-0.4, -0.2) is 57.7 Å². The molecule has 5 nitrogen and oxygen atoms in total. The monoisotopic (exact) mass is 357 g/mol. The molecule has 3 heterocycles. The van der Waals surface area contributed by atoms with Crippen LogP contribution in [0.25, 0.3) is 0 Å². The van der Waals surface area contributed by atoms with Crippen LogP contribution >= 0.6 is 15.9 Å². The summed E-state index contributed by atoms with van der Waals surface area (Å²) in [6.45, 7) is 4.84. The average molecular weight is 358 g/mol. The number of aromatic nitrogens is 2. The van der Waals surface area contributed by atoms with E-state index in [1.807, 2.05) is 11.7 Å². The molecule has 3 rings (SSSR count). The van der Waals surface area contributed by atoms with Gasteiger partial charge in [0.25, 0.3) is 0 Å². The predicted octanol–water partition coefficient (Wildman–Crippen LogP) is 1.51. The van der Waals surface area contributed by atoms with Crippen LogP contribution in [0.15, 0.2) is 4.47 Å². The Hall–Kier alpha value is -0.430. The van der Waals surface area contributed by atoms with Crippen LogP contribution in [-0.2, 0) is 24.6 Å². The smallest absolute Gasteiger partial charge is 0.0965 e. The highest BCUT2D eigenvalue weighted by Gasteiger charge is 2.35. The molecule has 21 heavy (non-hydrogen) atoms. The molecule has 1 aromatic rings. The van der Waals surface area contributed by atoms with Gasteiger partial charge in [0.05, 0.1) is 34.7 Å². The summed E-state index contributed by atoms with van der Waals surface area (Å²) in [5.41, 5.74) is 2.09. The molecule has 0 amide bonds. The molecule has 2 aliphatic rings.